The van der Waals surface area contributed by atoms with Crippen molar-refractivity contribution in [1.29, 1.82) is 0 Å². The summed E-state index contributed by atoms with van der Waals surface area (Å²) in [5.74, 6) is 8.57. The summed E-state index contributed by atoms with van der Waals surface area (Å²) in [6.07, 6.45) is 0. The fraction of sp³-hybridized carbons (Fsp3) is 0.180. The molecule has 0 amide bonds. The van der Waals surface area contributed by atoms with E-state index in [-0.39, 0.29) is 0 Å². The number of nitrogens with zero attached hydrogens (tertiary/aromatic N) is 2. The van der Waals surface area contributed by atoms with E-state index in [4.69, 9.17) is 85.8 Å². The third kappa shape index (κ3) is 10.5. The van der Waals surface area contributed by atoms with Crippen LogP contribution >= 0.6 is 0 Å². The molecule has 2 aliphatic heterocycles. The Hall–Kier alpha value is -14.7. The van der Waals surface area contributed by atoms with Gasteiger partial charge in [-0.25, -0.2) is 4.99 Å². The van der Waals surface area contributed by atoms with Gasteiger partial charge < -0.3 is 85.8 Å². The van der Waals surface area contributed by atoms with Crippen molar-refractivity contribution in [3.63, 3.8) is 0 Å². The third-order valence-electron chi connectivity index (χ3n) is 24.9. The first-order valence-corrected chi connectivity index (χ1v) is 39.1. The van der Waals surface area contributed by atoms with E-state index in [0.29, 0.717) is 103 Å². The summed E-state index contributed by atoms with van der Waals surface area (Å²) < 4.78 is 102. The van der Waals surface area contributed by atoms with Crippen LogP contribution in [0.2, 0.25) is 0 Å². The number of H-pyrrole nitrogens is 2. The molecule has 3 aliphatic carbocycles. The first-order valence-electron chi connectivity index (χ1n) is 39.1. The minimum absolute atomic E-state index is 0.528. The number of methoxy groups -OCH3 is 16. The molecule has 16 aromatic rings. The number of aromatic amines is 2. The van der Waals surface area contributed by atoms with Gasteiger partial charge in [0.2, 0.25) is 0 Å². The number of ether oxygens (including phenoxy) is 16. The van der Waals surface area contributed by atoms with Crippen LogP contribution in [0.15, 0.2) is 180 Å². The van der Waals surface area contributed by atoms with E-state index in [1.165, 1.54) is 0 Å². The summed E-state index contributed by atoms with van der Waals surface area (Å²) in [5.41, 5.74) is 21.1. The van der Waals surface area contributed by atoms with Crippen LogP contribution in [0.4, 0.5) is 5.69 Å². The van der Waals surface area contributed by atoms with Crippen LogP contribution in [0.25, 0.3) is 148 Å². The van der Waals surface area contributed by atoms with Crippen molar-refractivity contribution in [2.24, 2.45) is 9.98 Å². The molecule has 0 radical (unpaired) electrons. The summed E-state index contributed by atoms with van der Waals surface area (Å²) in [6, 6.07) is 57.5. The summed E-state index contributed by atoms with van der Waals surface area (Å²) in [5, 5.41) is 9.97. The Morgan fingerprint density at radius 1 is 0.258 bits per heavy atom. The number of hydrogen-bond donors (Lipinski definition) is 2. The number of nitrogens with one attached hydrogen (secondary N) is 2. The van der Waals surface area contributed by atoms with E-state index in [2.05, 4.69) is 82.8 Å². The van der Waals surface area contributed by atoms with E-state index >= 15 is 0 Å². The van der Waals surface area contributed by atoms with E-state index in [0.717, 1.165) is 198 Å². The molecule has 14 aromatic carbocycles. The van der Waals surface area contributed by atoms with Crippen LogP contribution in [0.5, 0.6) is 92.0 Å². The average molecular weight is 1590 g/mol. The minimum Gasteiger partial charge on any atom is -0.497 e. The molecule has 0 spiro atoms. The second-order valence-corrected chi connectivity index (χ2v) is 30.4. The maximum absolute atomic E-state index is 6.88. The topological polar surface area (TPSA) is 204 Å². The smallest absolute Gasteiger partial charge is 0.131 e. The highest BCUT2D eigenvalue weighted by Crippen LogP contribution is 2.64. The van der Waals surface area contributed by atoms with Crippen LogP contribution in [0.1, 0.15) is 51.0 Å². The van der Waals surface area contributed by atoms with E-state index < -0.39 is 12.0 Å². The first kappa shape index (κ1) is 73.0. The van der Waals surface area contributed by atoms with Crippen molar-refractivity contribution in [3.8, 4) is 170 Å². The lowest BCUT2D eigenvalue weighted by Gasteiger charge is -2.30. The van der Waals surface area contributed by atoms with Gasteiger partial charge in [0.15, 0.2) is 0 Å². The molecule has 0 saturated heterocycles. The number of hydrogen-bond acceptors (Lipinski definition) is 18. The fourth-order valence-corrected chi connectivity index (χ4v) is 19.5. The van der Waals surface area contributed by atoms with Crippen molar-refractivity contribution in [1.82, 2.24) is 9.97 Å². The number of fused-ring (bicyclic) bond motifs is 15. The molecule has 2 unspecified atom stereocenters. The lowest BCUT2D eigenvalue weighted by Crippen LogP contribution is -2.20. The average Bonchev–Trinajstić information content (AvgIpc) is 1.51. The van der Waals surface area contributed by atoms with Gasteiger partial charge in [-0.3, -0.25) is 4.99 Å². The normalized spacial score (nSPS) is 14.5. The standard InChI is InChI=1S/C100H80N4O16/c1-105-53-17-45(18-54(33-53)106-2)49-25-65-69-37-61(113-9)41-77(117-13)85(69)90-94-75-31-51(47-21-57(109-5)35-58(22-47)110-6)27-67-71-39-63(115-11)44-80(120-16)88(71)92(99(103-94)83(67)75)96-76-32-52(48-23-59(111-7)36-60(24-48)112-8)28-68-72-40-64(116-12)43-79(119-15)87(72)91(100(104-96)84(68)76)95-74-30-50(46-19-55(107-3)34-56(20-46)108-4)26-66-70-38-62(114-10)42-78(118-14)86(70)89(98(102-95)82(66)74)93-73(29-49)81(65)97(90)101-93/h17-44,89,97,102-103H,1-16H3/b94-90-. The summed E-state index contributed by atoms with van der Waals surface area (Å²) in [6.45, 7) is 0. The molecule has 4 heterocycles. The second-order valence-electron chi connectivity index (χ2n) is 30.4. The van der Waals surface area contributed by atoms with Gasteiger partial charge in [0.05, 0.1) is 153 Å². The zero-order chi connectivity index (χ0) is 82.3. The molecule has 0 fully saturated rings. The maximum atomic E-state index is 6.88. The second kappa shape index (κ2) is 27.5. The van der Waals surface area contributed by atoms with Crippen LogP contribution < -0.4 is 81.1 Å². The van der Waals surface area contributed by atoms with Gasteiger partial charge in [0.25, 0.3) is 0 Å². The molecule has 16 bridgehead atoms. The lowest BCUT2D eigenvalue weighted by molar-refractivity contribution is 0.391. The number of aliphatic imine (C=N–C) groups is 2. The largest absolute Gasteiger partial charge is 0.497 e. The molecule has 2 N–H and O–H groups in total. The highest BCUT2D eigenvalue weighted by molar-refractivity contribution is 6.42. The van der Waals surface area contributed by atoms with Gasteiger partial charge in [-0.15, -0.1) is 0 Å². The highest BCUT2D eigenvalue weighted by Gasteiger charge is 2.47. The van der Waals surface area contributed by atoms with Gasteiger partial charge in [0.1, 0.15) is 98.0 Å². The molecule has 2 aromatic heterocycles. The molecule has 5 aliphatic rings. The Morgan fingerprint density at radius 2 is 0.633 bits per heavy atom. The van der Waals surface area contributed by atoms with Crippen LogP contribution in [0.3, 0.4) is 0 Å². The quantitative estimate of drug-likeness (QED) is 0.0681. The molecule has 20 nitrogen and oxygen atoms in total. The van der Waals surface area contributed by atoms with Crippen molar-refractivity contribution in [2.75, 3.05) is 114 Å². The van der Waals surface area contributed by atoms with Gasteiger partial charge >= 0.3 is 0 Å². The summed E-state index contributed by atoms with van der Waals surface area (Å²) in [7, 11) is 26.9. The zero-order valence-electron chi connectivity index (χ0n) is 68.7. The van der Waals surface area contributed by atoms with Crippen LogP contribution in [0, 0.1) is 0 Å². The van der Waals surface area contributed by atoms with Crippen molar-refractivity contribution in [2.45, 2.75) is 12.0 Å². The third-order valence-corrected chi connectivity index (χ3v) is 24.9. The highest BCUT2D eigenvalue weighted by atomic mass is 16.5. The maximum Gasteiger partial charge on any atom is 0.131 e. The Kier molecular flexibility index (Phi) is 16.7. The molecular formula is C100H80N4O16. The van der Waals surface area contributed by atoms with E-state index in [1.54, 1.807) is 114 Å². The Balaban J connectivity index is 1.05. The Bertz CT molecular complexity index is 7260. The molecule has 120 heavy (non-hydrogen) atoms. The van der Waals surface area contributed by atoms with Gasteiger partial charge in [-0.2, -0.15) is 0 Å². The molecule has 20 heteroatoms. The Labute approximate surface area is 689 Å². The molecular weight excluding hydrogens is 1510 g/mol. The molecule has 596 valence electrons. The summed E-state index contributed by atoms with van der Waals surface area (Å²) >= 11 is 0. The number of rotatable bonds is 20. The minimum atomic E-state index is -0.796. The fourth-order valence-electron chi connectivity index (χ4n) is 19.5. The van der Waals surface area contributed by atoms with Gasteiger partial charge in [0, 0.05) is 131 Å². The predicted octanol–water partition coefficient (Wildman–Crippen LogP) is 20.8. The molecule has 0 saturated carbocycles. The predicted molar refractivity (Wildman–Crippen MR) is 470 cm³/mol. The van der Waals surface area contributed by atoms with Crippen molar-refractivity contribution >= 4 is 87.4 Å². The van der Waals surface area contributed by atoms with Crippen molar-refractivity contribution in [3.05, 3.63) is 214 Å². The zero-order valence-corrected chi connectivity index (χ0v) is 68.7. The van der Waals surface area contributed by atoms with Gasteiger partial charge in [-0.05, 0) is 215 Å². The first-order chi connectivity index (χ1) is 58.6. The number of aromatic nitrogens is 2. The van der Waals surface area contributed by atoms with Crippen LogP contribution in [-0.2, 0) is 0 Å². The van der Waals surface area contributed by atoms with E-state index in [9.17, 15) is 0 Å². The van der Waals surface area contributed by atoms with Gasteiger partial charge in [-0.1, -0.05) is 0 Å². The summed E-state index contributed by atoms with van der Waals surface area (Å²) in [4.78, 5) is 21.8. The van der Waals surface area contributed by atoms with Crippen molar-refractivity contribution < 1.29 is 75.8 Å². The monoisotopic (exact) mass is 1590 g/mol. The molecule has 21 rings (SSSR count). The lowest BCUT2D eigenvalue weighted by atomic mass is 9.73. The Morgan fingerprint density at radius 3 is 1.13 bits per heavy atom. The van der Waals surface area contributed by atoms with E-state index in [1.807, 2.05) is 97.1 Å². The number of benzene rings is 14. The molecule has 2 atom stereocenters. The SMILES string of the molecule is COc1cc(OC)cc(-c2cc3c4c(c2)-c2cc(OC)cc(OC)c2/C2=c5/[nH]c6c(c7c(OC)cc(OC)cc7c7cc(-c8cc(OC)cc(OC)c8)cc5c67)C5=Nc6c(c7c(OC)cc(OC)cc7c7cc(-c8cc(OC)cc(OC)c8)cc5c67)-c5[nH]c6c7c(cc(-c8cc(OC)cc(OC)c8)cc57)-c5cc(OC)cc(OC)c5C6C3=NC24)c1. The van der Waals surface area contributed by atoms with Crippen LogP contribution in [-0.4, -0.2) is 135 Å².